The Kier molecular flexibility index (Phi) is 5.98. The fraction of sp³-hybridized carbons (Fsp3) is 0.190. The molecule has 5 heteroatoms. The van der Waals surface area contributed by atoms with Crippen molar-refractivity contribution in [2.75, 3.05) is 0 Å². The Hall–Kier alpha value is -2.71. The maximum Gasteiger partial charge on any atom is 0.262 e. The third kappa shape index (κ3) is 5.14. The van der Waals surface area contributed by atoms with Crippen LogP contribution in [0.3, 0.4) is 0 Å². The number of nitrogens with one attached hydrogen (secondary N) is 1. The van der Waals surface area contributed by atoms with Gasteiger partial charge in [-0.2, -0.15) is 5.26 Å². The quantitative estimate of drug-likeness (QED) is 0.331. The summed E-state index contributed by atoms with van der Waals surface area (Å²) in [6, 6.07) is 15.8. The van der Waals surface area contributed by atoms with Crippen molar-refractivity contribution >= 4 is 27.9 Å². The van der Waals surface area contributed by atoms with Crippen LogP contribution in [0.2, 0.25) is 0 Å². The fourth-order valence-corrected chi connectivity index (χ4v) is 2.88. The van der Waals surface area contributed by atoms with Crippen molar-refractivity contribution in [3.8, 4) is 6.07 Å². The van der Waals surface area contributed by atoms with E-state index in [2.05, 4.69) is 38.4 Å². The lowest BCUT2D eigenvalue weighted by atomic mass is 10.1. The summed E-state index contributed by atoms with van der Waals surface area (Å²) in [4.78, 5) is 16.4. The van der Waals surface area contributed by atoms with Gasteiger partial charge in [0.15, 0.2) is 0 Å². The number of allylic oxidation sites excluding steroid dienone is 2. The summed E-state index contributed by atoms with van der Waals surface area (Å²) in [6.45, 7) is 0.402. The van der Waals surface area contributed by atoms with E-state index in [9.17, 15) is 10.1 Å². The minimum absolute atomic E-state index is 0.0610. The largest absolute Gasteiger partial charge is 0.347 e. The van der Waals surface area contributed by atoms with Crippen LogP contribution in [-0.2, 0) is 11.3 Å². The van der Waals surface area contributed by atoms with E-state index in [1.165, 1.54) is 24.5 Å². The zero-order chi connectivity index (χ0) is 18.4. The minimum atomic E-state index is -0.384. The molecule has 1 aromatic carbocycles. The van der Waals surface area contributed by atoms with Crippen molar-refractivity contribution in [3.05, 3.63) is 81.6 Å². The first-order valence-electron chi connectivity index (χ1n) is 8.44. The molecule has 1 saturated carbocycles. The molecule has 0 bridgehead atoms. The van der Waals surface area contributed by atoms with Crippen molar-refractivity contribution < 1.29 is 4.79 Å². The number of halogens is 1. The molecule has 0 atom stereocenters. The zero-order valence-corrected chi connectivity index (χ0v) is 15.7. The Bertz CT molecular complexity index is 890. The molecule has 1 N–H and O–H groups in total. The SMILES string of the molecule is N#C/C(=C\C=C\c1cccc(Br)n1)C(=O)NCc1ccc(C2CC2)cc1. The van der Waals surface area contributed by atoms with Gasteiger partial charge in [0.25, 0.3) is 5.91 Å². The van der Waals surface area contributed by atoms with Crippen LogP contribution in [0.4, 0.5) is 0 Å². The van der Waals surface area contributed by atoms with E-state index in [1.54, 1.807) is 12.2 Å². The average molecular weight is 408 g/mol. The molecule has 1 amide bonds. The second-order valence-electron chi connectivity index (χ2n) is 6.13. The van der Waals surface area contributed by atoms with E-state index in [4.69, 9.17) is 0 Å². The van der Waals surface area contributed by atoms with Crippen LogP contribution in [0.25, 0.3) is 6.08 Å². The Morgan fingerprint density at radius 1 is 1.27 bits per heavy atom. The van der Waals surface area contributed by atoms with Crippen molar-refractivity contribution in [3.63, 3.8) is 0 Å². The molecule has 1 aliphatic rings. The van der Waals surface area contributed by atoms with Crippen molar-refractivity contribution in [1.82, 2.24) is 10.3 Å². The van der Waals surface area contributed by atoms with Crippen LogP contribution in [0.15, 0.2) is 64.8 Å². The van der Waals surface area contributed by atoms with E-state index in [0.717, 1.165) is 21.8 Å². The number of nitriles is 1. The lowest BCUT2D eigenvalue weighted by Gasteiger charge is -2.05. The standard InChI is InChI=1S/C21H18BrN3O/c22-20-6-2-5-19(25-20)4-1-3-18(13-23)21(26)24-14-15-7-9-16(10-8-15)17-11-12-17/h1-10,17H,11-12,14H2,(H,24,26)/b4-1+,18-3+. The lowest BCUT2D eigenvalue weighted by molar-refractivity contribution is -0.117. The lowest BCUT2D eigenvalue weighted by Crippen LogP contribution is -2.23. The predicted octanol–water partition coefficient (Wildman–Crippen LogP) is 4.50. The third-order valence-electron chi connectivity index (χ3n) is 4.11. The van der Waals surface area contributed by atoms with E-state index in [-0.39, 0.29) is 11.5 Å². The monoisotopic (exact) mass is 407 g/mol. The van der Waals surface area contributed by atoms with Crippen molar-refractivity contribution in [2.24, 2.45) is 0 Å². The van der Waals surface area contributed by atoms with Crippen molar-refractivity contribution in [1.29, 1.82) is 5.26 Å². The number of carbonyl (C=O) groups is 1. The molecule has 0 saturated heterocycles. The minimum Gasteiger partial charge on any atom is -0.347 e. The Balaban J connectivity index is 1.56. The molecule has 0 aliphatic heterocycles. The normalized spacial score (nSPS) is 14.2. The molecule has 130 valence electrons. The first-order valence-corrected chi connectivity index (χ1v) is 9.23. The molecule has 1 aromatic heterocycles. The number of rotatable bonds is 6. The Morgan fingerprint density at radius 3 is 2.69 bits per heavy atom. The summed E-state index contributed by atoms with van der Waals surface area (Å²) < 4.78 is 0.731. The molecule has 1 aliphatic carbocycles. The number of benzene rings is 1. The van der Waals surface area contributed by atoms with Gasteiger partial charge in [-0.3, -0.25) is 4.79 Å². The van der Waals surface area contributed by atoms with Gasteiger partial charge in [0.05, 0.1) is 5.69 Å². The zero-order valence-electron chi connectivity index (χ0n) is 14.2. The second-order valence-corrected chi connectivity index (χ2v) is 6.95. The van der Waals surface area contributed by atoms with Gasteiger partial charge in [0, 0.05) is 6.54 Å². The Morgan fingerprint density at radius 2 is 2.04 bits per heavy atom. The van der Waals surface area contributed by atoms with Crippen LogP contribution in [0, 0.1) is 11.3 Å². The molecule has 2 aromatic rings. The van der Waals surface area contributed by atoms with E-state index >= 15 is 0 Å². The number of amides is 1. The summed E-state index contributed by atoms with van der Waals surface area (Å²) in [6.07, 6.45) is 7.43. The molecule has 0 radical (unpaired) electrons. The summed E-state index contributed by atoms with van der Waals surface area (Å²) in [5.74, 6) is 0.337. The smallest absolute Gasteiger partial charge is 0.262 e. The van der Waals surface area contributed by atoms with Gasteiger partial charge in [-0.25, -0.2) is 4.98 Å². The van der Waals surface area contributed by atoms with E-state index in [1.807, 2.05) is 36.4 Å². The third-order valence-corrected chi connectivity index (χ3v) is 4.55. The highest BCUT2D eigenvalue weighted by Gasteiger charge is 2.22. The number of hydrogen-bond donors (Lipinski definition) is 1. The first kappa shape index (κ1) is 18.1. The maximum absolute atomic E-state index is 12.2. The van der Waals surface area contributed by atoms with Gasteiger partial charge in [-0.05, 0) is 70.1 Å². The molecule has 1 heterocycles. The maximum atomic E-state index is 12.2. The topological polar surface area (TPSA) is 65.8 Å². The highest BCUT2D eigenvalue weighted by molar-refractivity contribution is 9.10. The average Bonchev–Trinajstić information content (AvgIpc) is 3.49. The molecular weight excluding hydrogens is 390 g/mol. The van der Waals surface area contributed by atoms with Gasteiger partial charge in [0.2, 0.25) is 0 Å². The number of nitrogens with zero attached hydrogens (tertiary/aromatic N) is 2. The molecule has 0 unspecified atom stereocenters. The fourth-order valence-electron chi connectivity index (χ4n) is 2.53. The highest BCUT2D eigenvalue weighted by atomic mass is 79.9. The van der Waals surface area contributed by atoms with Gasteiger partial charge >= 0.3 is 0 Å². The van der Waals surface area contributed by atoms with Crippen LogP contribution in [-0.4, -0.2) is 10.9 Å². The van der Waals surface area contributed by atoms with Crippen LogP contribution >= 0.6 is 15.9 Å². The van der Waals surface area contributed by atoms with Gasteiger partial charge in [0.1, 0.15) is 16.2 Å². The molecule has 1 fully saturated rings. The van der Waals surface area contributed by atoms with E-state index in [0.29, 0.717) is 6.54 Å². The molecule has 0 spiro atoms. The van der Waals surface area contributed by atoms with Crippen LogP contribution in [0.1, 0.15) is 35.6 Å². The number of carbonyl (C=O) groups excluding carboxylic acids is 1. The van der Waals surface area contributed by atoms with Crippen molar-refractivity contribution in [2.45, 2.75) is 25.3 Å². The summed E-state index contributed by atoms with van der Waals surface area (Å²) in [7, 11) is 0. The predicted molar refractivity (Wildman–Crippen MR) is 105 cm³/mol. The highest BCUT2D eigenvalue weighted by Crippen LogP contribution is 2.39. The van der Waals surface area contributed by atoms with Gasteiger partial charge in [-0.1, -0.05) is 36.4 Å². The second kappa shape index (κ2) is 8.59. The molecular formula is C21H18BrN3O. The molecule has 4 nitrogen and oxygen atoms in total. The van der Waals surface area contributed by atoms with Gasteiger partial charge < -0.3 is 5.32 Å². The van der Waals surface area contributed by atoms with Gasteiger partial charge in [-0.15, -0.1) is 0 Å². The molecule has 3 rings (SSSR count). The first-order chi connectivity index (χ1) is 12.7. The number of hydrogen-bond acceptors (Lipinski definition) is 3. The number of aromatic nitrogens is 1. The summed E-state index contributed by atoms with van der Waals surface area (Å²) >= 11 is 3.30. The number of pyridine rings is 1. The summed E-state index contributed by atoms with van der Waals surface area (Å²) in [5.41, 5.74) is 3.19. The van der Waals surface area contributed by atoms with E-state index < -0.39 is 0 Å². The molecule has 26 heavy (non-hydrogen) atoms. The Labute approximate surface area is 161 Å². The summed E-state index contributed by atoms with van der Waals surface area (Å²) in [5, 5.41) is 12.0. The van der Waals surface area contributed by atoms with Crippen LogP contribution in [0.5, 0.6) is 0 Å². The van der Waals surface area contributed by atoms with Crippen LogP contribution < -0.4 is 5.32 Å².